The third kappa shape index (κ3) is 4.00. The molecule has 1 aliphatic carbocycles. The molecule has 1 aliphatic rings. The standard InChI is InChI=1S/C20H18F2N4O/c21-20(22)5-3-13(10-20)12-27-17-7-16(11-23)26-19(9-17)25-15-2-1-14-4-6-24-18(14)8-15/h1-2,4,6-9,13,24H,3,5,10,12H2,(H,25,26). The molecule has 5 nitrogen and oxygen atoms in total. The first-order valence-corrected chi connectivity index (χ1v) is 8.78. The molecule has 3 aromatic rings. The van der Waals surface area contributed by atoms with Crippen molar-refractivity contribution in [3.05, 3.63) is 48.3 Å². The Morgan fingerprint density at radius 3 is 2.96 bits per heavy atom. The first-order valence-electron chi connectivity index (χ1n) is 8.78. The molecule has 1 atom stereocenters. The van der Waals surface area contributed by atoms with Crippen LogP contribution in [0.25, 0.3) is 10.9 Å². The number of benzene rings is 1. The van der Waals surface area contributed by atoms with Gasteiger partial charge in [-0.3, -0.25) is 0 Å². The van der Waals surface area contributed by atoms with Crippen molar-refractivity contribution in [2.45, 2.75) is 25.2 Å². The monoisotopic (exact) mass is 368 g/mol. The second-order valence-electron chi connectivity index (χ2n) is 6.87. The Labute approximate surface area is 155 Å². The van der Waals surface area contributed by atoms with Crippen LogP contribution >= 0.6 is 0 Å². The minimum Gasteiger partial charge on any atom is -0.493 e. The summed E-state index contributed by atoms with van der Waals surface area (Å²) in [5.74, 6) is -1.86. The number of nitriles is 1. The summed E-state index contributed by atoms with van der Waals surface area (Å²) in [7, 11) is 0. The van der Waals surface area contributed by atoms with Crippen molar-refractivity contribution in [3.63, 3.8) is 0 Å². The molecule has 2 heterocycles. The quantitative estimate of drug-likeness (QED) is 0.665. The van der Waals surface area contributed by atoms with Crippen LogP contribution in [0.3, 0.4) is 0 Å². The van der Waals surface area contributed by atoms with Crippen molar-refractivity contribution in [1.29, 1.82) is 5.26 Å². The maximum atomic E-state index is 13.3. The van der Waals surface area contributed by atoms with E-state index in [4.69, 9.17) is 4.74 Å². The number of aromatic nitrogens is 2. The summed E-state index contributed by atoms with van der Waals surface area (Å²) in [5.41, 5.74) is 2.00. The van der Waals surface area contributed by atoms with Crippen molar-refractivity contribution in [3.8, 4) is 11.8 Å². The van der Waals surface area contributed by atoms with Crippen LogP contribution in [-0.2, 0) is 0 Å². The smallest absolute Gasteiger partial charge is 0.248 e. The summed E-state index contributed by atoms with van der Waals surface area (Å²) < 4.78 is 32.3. The van der Waals surface area contributed by atoms with Gasteiger partial charge >= 0.3 is 0 Å². The summed E-state index contributed by atoms with van der Waals surface area (Å²) >= 11 is 0. The highest BCUT2D eigenvalue weighted by Crippen LogP contribution is 2.39. The van der Waals surface area contributed by atoms with Gasteiger partial charge in [0.05, 0.1) is 6.61 Å². The van der Waals surface area contributed by atoms with Crippen molar-refractivity contribution in [2.75, 3.05) is 11.9 Å². The minimum atomic E-state index is -2.59. The third-order valence-electron chi connectivity index (χ3n) is 4.73. The number of ether oxygens (including phenoxy) is 1. The Morgan fingerprint density at radius 2 is 2.19 bits per heavy atom. The molecule has 138 valence electrons. The number of anilines is 2. The second-order valence-corrected chi connectivity index (χ2v) is 6.87. The van der Waals surface area contributed by atoms with Crippen molar-refractivity contribution in [1.82, 2.24) is 9.97 Å². The van der Waals surface area contributed by atoms with Gasteiger partial charge in [-0.25, -0.2) is 13.8 Å². The number of nitrogens with zero attached hydrogens (tertiary/aromatic N) is 2. The first-order chi connectivity index (χ1) is 13.0. The van der Waals surface area contributed by atoms with Crippen LogP contribution in [0.5, 0.6) is 5.75 Å². The largest absolute Gasteiger partial charge is 0.493 e. The molecule has 0 aliphatic heterocycles. The van der Waals surface area contributed by atoms with E-state index < -0.39 is 5.92 Å². The zero-order valence-corrected chi connectivity index (χ0v) is 14.5. The van der Waals surface area contributed by atoms with Gasteiger partial charge in [0.25, 0.3) is 0 Å². The van der Waals surface area contributed by atoms with E-state index in [1.165, 1.54) is 6.07 Å². The predicted molar refractivity (Wildman–Crippen MR) is 98.3 cm³/mol. The van der Waals surface area contributed by atoms with Gasteiger partial charge in [0.2, 0.25) is 5.92 Å². The number of hydrogen-bond donors (Lipinski definition) is 2. The molecule has 0 amide bonds. The molecule has 2 aromatic heterocycles. The number of alkyl halides is 2. The highest BCUT2D eigenvalue weighted by atomic mass is 19.3. The zero-order valence-electron chi connectivity index (χ0n) is 14.5. The Hall–Kier alpha value is -3.14. The lowest BCUT2D eigenvalue weighted by atomic mass is 10.1. The lowest BCUT2D eigenvalue weighted by Gasteiger charge is -2.14. The van der Waals surface area contributed by atoms with Gasteiger partial charge < -0.3 is 15.0 Å². The molecule has 0 saturated heterocycles. The van der Waals surface area contributed by atoms with E-state index in [0.717, 1.165) is 16.6 Å². The number of hydrogen-bond acceptors (Lipinski definition) is 4. The van der Waals surface area contributed by atoms with Gasteiger partial charge in [0.15, 0.2) is 0 Å². The summed E-state index contributed by atoms with van der Waals surface area (Å²) in [4.78, 5) is 7.37. The third-order valence-corrected chi connectivity index (χ3v) is 4.73. The Kier molecular flexibility index (Phi) is 4.40. The van der Waals surface area contributed by atoms with E-state index in [0.29, 0.717) is 18.0 Å². The Bertz CT molecular complexity index is 1010. The number of rotatable bonds is 5. The molecule has 2 N–H and O–H groups in total. The van der Waals surface area contributed by atoms with Crippen LogP contribution in [0.2, 0.25) is 0 Å². The molecule has 1 fully saturated rings. The van der Waals surface area contributed by atoms with Gasteiger partial charge in [-0.1, -0.05) is 6.07 Å². The highest BCUT2D eigenvalue weighted by Gasteiger charge is 2.39. The minimum absolute atomic E-state index is 0.0884. The molecule has 1 unspecified atom stereocenters. The number of H-pyrrole nitrogens is 1. The van der Waals surface area contributed by atoms with E-state index in [2.05, 4.69) is 15.3 Å². The van der Waals surface area contributed by atoms with Crippen LogP contribution in [0.4, 0.5) is 20.3 Å². The molecular formula is C20H18F2N4O. The summed E-state index contributed by atoms with van der Waals surface area (Å²) in [5, 5.41) is 13.5. The summed E-state index contributed by atoms with van der Waals surface area (Å²) in [6.45, 7) is 0.207. The highest BCUT2D eigenvalue weighted by molar-refractivity contribution is 5.83. The molecule has 4 rings (SSSR count). The number of fused-ring (bicyclic) bond motifs is 1. The fourth-order valence-electron chi connectivity index (χ4n) is 3.38. The lowest BCUT2D eigenvalue weighted by Crippen LogP contribution is -2.14. The Balaban J connectivity index is 1.49. The van der Waals surface area contributed by atoms with Crippen molar-refractivity contribution < 1.29 is 13.5 Å². The number of halogens is 2. The van der Waals surface area contributed by atoms with E-state index in [1.807, 2.05) is 36.5 Å². The SMILES string of the molecule is N#Cc1cc(OCC2CCC(F)(F)C2)cc(Nc2ccc3cc[nH]c3c2)n1. The first kappa shape index (κ1) is 17.3. The second kappa shape index (κ2) is 6.88. The van der Waals surface area contributed by atoms with E-state index in [9.17, 15) is 14.0 Å². The number of aromatic amines is 1. The van der Waals surface area contributed by atoms with Crippen molar-refractivity contribution in [2.24, 2.45) is 5.92 Å². The van der Waals surface area contributed by atoms with Crippen LogP contribution in [-0.4, -0.2) is 22.5 Å². The van der Waals surface area contributed by atoms with E-state index >= 15 is 0 Å². The lowest BCUT2D eigenvalue weighted by molar-refractivity contribution is 0.00291. The Morgan fingerprint density at radius 1 is 1.30 bits per heavy atom. The van der Waals surface area contributed by atoms with Crippen LogP contribution in [0.1, 0.15) is 25.0 Å². The average Bonchev–Trinajstić information content (AvgIpc) is 3.25. The van der Waals surface area contributed by atoms with Crippen LogP contribution in [0.15, 0.2) is 42.6 Å². The van der Waals surface area contributed by atoms with E-state index in [-0.39, 0.29) is 31.1 Å². The number of nitrogens with one attached hydrogen (secondary N) is 2. The molecule has 1 saturated carbocycles. The maximum Gasteiger partial charge on any atom is 0.248 e. The molecule has 0 radical (unpaired) electrons. The van der Waals surface area contributed by atoms with Gasteiger partial charge in [-0.15, -0.1) is 0 Å². The van der Waals surface area contributed by atoms with Gasteiger partial charge in [0, 0.05) is 42.4 Å². The molecule has 7 heteroatoms. The van der Waals surface area contributed by atoms with Crippen molar-refractivity contribution >= 4 is 22.4 Å². The van der Waals surface area contributed by atoms with Gasteiger partial charge in [0.1, 0.15) is 23.3 Å². The normalized spacial score (nSPS) is 18.3. The van der Waals surface area contributed by atoms with Gasteiger partial charge in [-0.05, 0) is 35.9 Å². The van der Waals surface area contributed by atoms with Crippen LogP contribution in [0, 0.1) is 17.2 Å². The predicted octanol–water partition coefficient (Wildman–Crippen LogP) is 4.99. The fraction of sp³-hybridized carbons (Fsp3) is 0.300. The zero-order chi connectivity index (χ0) is 18.9. The van der Waals surface area contributed by atoms with Gasteiger partial charge in [-0.2, -0.15) is 5.26 Å². The molecular weight excluding hydrogens is 350 g/mol. The molecule has 0 bridgehead atoms. The van der Waals surface area contributed by atoms with E-state index in [1.54, 1.807) is 6.07 Å². The molecule has 0 spiro atoms. The fourth-order valence-corrected chi connectivity index (χ4v) is 3.38. The maximum absolute atomic E-state index is 13.3. The van der Waals surface area contributed by atoms with Crippen LogP contribution < -0.4 is 10.1 Å². The molecule has 27 heavy (non-hydrogen) atoms. The summed E-state index contributed by atoms with van der Waals surface area (Å²) in [6, 6.07) is 13.0. The average molecular weight is 368 g/mol. The summed E-state index contributed by atoms with van der Waals surface area (Å²) in [6.07, 6.45) is 2.07. The molecule has 1 aromatic carbocycles. The topological polar surface area (TPSA) is 73.7 Å². The number of pyridine rings is 1.